The van der Waals surface area contributed by atoms with Crippen LogP contribution in [0.25, 0.3) is 6.08 Å². The first-order chi connectivity index (χ1) is 8.68. The van der Waals surface area contributed by atoms with Crippen LogP contribution in [0, 0.1) is 0 Å². The van der Waals surface area contributed by atoms with Crippen LogP contribution >= 0.6 is 0 Å². The highest BCUT2D eigenvalue weighted by molar-refractivity contribution is 5.96. The maximum absolute atomic E-state index is 12.0. The Balaban J connectivity index is 2.03. The standard InChI is InChI=1S/C14H16N2O2/c1-11-14(18)15-9-10-16(11)13(17)8-7-12-5-3-2-4-6-12/h2-8,11H,9-10H2,1H3,(H,15,18)/b8-7+/t11-/m1/s1. The molecule has 1 aliphatic heterocycles. The first kappa shape index (κ1) is 12.4. The van der Waals surface area contributed by atoms with E-state index in [4.69, 9.17) is 0 Å². The fourth-order valence-electron chi connectivity index (χ4n) is 1.91. The highest BCUT2D eigenvalue weighted by Crippen LogP contribution is 2.07. The zero-order chi connectivity index (χ0) is 13.0. The van der Waals surface area contributed by atoms with Gasteiger partial charge in [0.15, 0.2) is 0 Å². The third-order valence-electron chi connectivity index (χ3n) is 3.00. The molecule has 4 nitrogen and oxygen atoms in total. The Hall–Kier alpha value is -2.10. The van der Waals surface area contributed by atoms with Crippen molar-refractivity contribution >= 4 is 17.9 Å². The Morgan fingerprint density at radius 1 is 1.39 bits per heavy atom. The number of amides is 2. The number of carbonyl (C=O) groups is 2. The predicted molar refractivity (Wildman–Crippen MR) is 69.7 cm³/mol. The van der Waals surface area contributed by atoms with Gasteiger partial charge in [-0.1, -0.05) is 30.3 Å². The average Bonchev–Trinajstić information content (AvgIpc) is 2.40. The van der Waals surface area contributed by atoms with Crippen molar-refractivity contribution in [1.82, 2.24) is 10.2 Å². The van der Waals surface area contributed by atoms with Gasteiger partial charge in [0.1, 0.15) is 6.04 Å². The normalized spacial score (nSPS) is 19.9. The van der Waals surface area contributed by atoms with E-state index < -0.39 is 6.04 Å². The lowest BCUT2D eigenvalue weighted by molar-refractivity contribution is -0.139. The molecule has 0 radical (unpaired) electrons. The molecule has 0 aliphatic carbocycles. The first-order valence-corrected chi connectivity index (χ1v) is 6.00. The van der Waals surface area contributed by atoms with Gasteiger partial charge < -0.3 is 10.2 Å². The summed E-state index contributed by atoms with van der Waals surface area (Å²) in [6.45, 7) is 2.82. The summed E-state index contributed by atoms with van der Waals surface area (Å²) >= 11 is 0. The summed E-state index contributed by atoms with van der Waals surface area (Å²) in [6, 6.07) is 9.22. The summed E-state index contributed by atoms with van der Waals surface area (Å²) in [5, 5.41) is 2.73. The van der Waals surface area contributed by atoms with Gasteiger partial charge in [-0.05, 0) is 18.6 Å². The van der Waals surface area contributed by atoms with Gasteiger partial charge in [-0.3, -0.25) is 9.59 Å². The lowest BCUT2D eigenvalue weighted by Crippen LogP contribution is -2.55. The monoisotopic (exact) mass is 244 g/mol. The SMILES string of the molecule is C[C@@H]1C(=O)NCCN1C(=O)/C=C/c1ccccc1. The molecule has 1 aromatic rings. The molecule has 0 saturated carbocycles. The summed E-state index contributed by atoms with van der Waals surface area (Å²) < 4.78 is 0. The summed E-state index contributed by atoms with van der Waals surface area (Å²) in [7, 11) is 0. The quantitative estimate of drug-likeness (QED) is 0.790. The lowest BCUT2D eigenvalue weighted by Gasteiger charge is -2.31. The Labute approximate surface area is 106 Å². The Morgan fingerprint density at radius 3 is 2.83 bits per heavy atom. The van der Waals surface area contributed by atoms with Gasteiger partial charge in [0.2, 0.25) is 11.8 Å². The van der Waals surface area contributed by atoms with Gasteiger partial charge in [0.05, 0.1) is 0 Å². The van der Waals surface area contributed by atoms with E-state index in [1.165, 1.54) is 6.08 Å². The fraction of sp³-hybridized carbons (Fsp3) is 0.286. The maximum Gasteiger partial charge on any atom is 0.247 e. The largest absolute Gasteiger partial charge is 0.353 e. The van der Waals surface area contributed by atoms with Crippen molar-refractivity contribution in [3.63, 3.8) is 0 Å². The third kappa shape index (κ3) is 2.77. The molecule has 2 rings (SSSR count). The molecule has 1 N–H and O–H groups in total. The number of hydrogen-bond acceptors (Lipinski definition) is 2. The molecule has 1 atom stereocenters. The van der Waals surface area contributed by atoms with Gasteiger partial charge in [-0.2, -0.15) is 0 Å². The number of nitrogens with zero attached hydrogens (tertiary/aromatic N) is 1. The Morgan fingerprint density at radius 2 is 2.11 bits per heavy atom. The van der Waals surface area contributed by atoms with Crippen LogP contribution in [0.15, 0.2) is 36.4 Å². The average molecular weight is 244 g/mol. The molecule has 1 saturated heterocycles. The van der Waals surface area contributed by atoms with Crippen molar-refractivity contribution in [2.75, 3.05) is 13.1 Å². The number of rotatable bonds is 2. The molecule has 18 heavy (non-hydrogen) atoms. The predicted octanol–water partition coefficient (Wildman–Crippen LogP) is 1.05. The van der Waals surface area contributed by atoms with E-state index in [1.54, 1.807) is 17.9 Å². The molecule has 1 aliphatic rings. The second-order valence-electron chi connectivity index (χ2n) is 4.24. The molecule has 0 aromatic heterocycles. The van der Waals surface area contributed by atoms with Gasteiger partial charge in [0, 0.05) is 19.2 Å². The molecule has 1 fully saturated rings. The second-order valence-corrected chi connectivity index (χ2v) is 4.24. The van der Waals surface area contributed by atoms with Crippen LogP contribution in [0.3, 0.4) is 0 Å². The van der Waals surface area contributed by atoms with Crippen molar-refractivity contribution < 1.29 is 9.59 Å². The molecule has 94 valence electrons. The molecule has 0 unspecified atom stereocenters. The topological polar surface area (TPSA) is 49.4 Å². The van der Waals surface area contributed by atoms with Crippen molar-refractivity contribution in [3.8, 4) is 0 Å². The van der Waals surface area contributed by atoms with E-state index in [0.29, 0.717) is 13.1 Å². The van der Waals surface area contributed by atoms with Gasteiger partial charge in [-0.15, -0.1) is 0 Å². The van der Waals surface area contributed by atoms with Crippen molar-refractivity contribution in [3.05, 3.63) is 42.0 Å². The van der Waals surface area contributed by atoms with E-state index in [9.17, 15) is 9.59 Å². The van der Waals surface area contributed by atoms with Crippen molar-refractivity contribution in [2.24, 2.45) is 0 Å². The lowest BCUT2D eigenvalue weighted by atomic mass is 10.2. The van der Waals surface area contributed by atoms with Crippen molar-refractivity contribution in [1.29, 1.82) is 0 Å². The van der Waals surface area contributed by atoms with Crippen LogP contribution in [-0.2, 0) is 9.59 Å². The number of carbonyl (C=O) groups excluding carboxylic acids is 2. The molecular weight excluding hydrogens is 228 g/mol. The van der Waals surface area contributed by atoms with Crippen LogP contribution in [0.5, 0.6) is 0 Å². The van der Waals surface area contributed by atoms with Crippen LogP contribution in [0.4, 0.5) is 0 Å². The van der Waals surface area contributed by atoms with Crippen LogP contribution in [0.2, 0.25) is 0 Å². The van der Waals surface area contributed by atoms with E-state index in [1.807, 2.05) is 30.3 Å². The van der Waals surface area contributed by atoms with E-state index in [2.05, 4.69) is 5.32 Å². The van der Waals surface area contributed by atoms with Crippen LogP contribution in [0.1, 0.15) is 12.5 Å². The second kappa shape index (κ2) is 5.49. The smallest absolute Gasteiger partial charge is 0.247 e. The Bertz CT molecular complexity index is 468. The number of hydrogen-bond donors (Lipinski definition) is 1. The molecule has 4 heteroatoms. The number of benzene rings is 1. The summed E-state index contributed by atoms with van der Waals surface area (Å²) in [6.07, 6.45) is 3.28. The van der Waals surface area contributed by atoms with Crippen LogP contribution in [-0.4, -0.2) is 35.8 Å². The summed E-state index contributed by atoms with van der Waals surface area (Å²) in [4.78, 5) is 25.0. The zero-order valence-electron chi connectivity index (χ0n) is 10.3. The fourth-order valence-corrected chi connectivity index (χ4v) is 1.91. The molecule has 1 aromatic carbocycles. The molecule has 0 bridgehead atoms. The van der Waals surface area contributed by atoms with Gasteiger partial charge in [-0.25, -0.2) is 0 Å². The minimum absolute atomic E-state index is 0.0947. The highest BCUT2D eigenvalue weighted by atomic mass is 16.2. The maximum atomic E-state index is 12.0. The van der Waals surface area contributed by atoms with Crippen LogP contribution < -0.4 is 5.32 Å². The van der Waals surface area contributed by atoms with Gasteiger partial charge in [0.25, 0.3) is 0 Å². The molecule has 1 heterocycles. The van der Waals surface area contributed by atoms with E-state index in [0.717, 1.165) is 5.56 Å². The van der Waals surface area contributed by atoms with E-state index in [-0.39, 0.29) is 11.8 Å². The van der Waals surface area contributed by atoms with Gasteiger partial charge >= 0.3 is 0 Å². The number of piperazine rings is 1. The molecular formula is C14H16N2O2. The van der Waals surface area contributed by atoms with Crippen molar-refractivity contribution in [2.45, 2.75) is 13.0 Å². The zero-order valence-corrected chi connectivity index (χ0v) is 10.3. The minimum atomic E-state index is -0.397. The first-order valence-electron chi connectivity index (χ1n) is 6.00. The molecule has 2 amide bonds. The highest BCUT2D eigenvalue weighted by Gasteiger charge is 2.27. The molecule has 0 spiro atoms. The third-order valence-corrected chi connectivity index (χ3v) is 3.00. The summed E-state index contributed by atoms with van der Waals surface area (Å²) in [5.74, 6) is -0.219. The summed E-state index contributed by atoms with van der Waals surface area (Å²) in [5.41, 5.74) is 0.972. The number of nitrogens with one attached hydrogen (secondary N) is 1. The minimum Gasteiger partial charge on any atom is -0.353 e. The Kier molecular flexibility index (Phi) is 3.77. The van der Waals surface area contributed by atoms with E-state index >= 15 is 0 Å².